The number of piperidine rings is 1. The molecule has 2 heterocycles. The lowest BCUT2D eigenvalue weighted by molar-refractivity contribution is -0.250. The Morgan fingerprint density at radius 3 is 2.48 bits per heavy atom. The van der Waals surface area contributed by atoms with Gasteiger partial charge >= 0.3 is 6.18 Å². The molecule has 0 radical (unpaired) electrons. The van der Waals surface area contributed by atoms with E-state index >= 15 is 0 Å². The molecule has 1 saturated heterocycles. The predicted octanol–water partition coefficient (Wildman–Crippen LogP) is 3.03. The van der Waals surface area contributed by atoms with Crippen molar-refractivity contribution in [3.05, 3.63) is 48.0 Å². The first-order valence-electron chi connectivity index (χ1n) is 8.49. The summed E-state index contributed by atoms with van der Waals surface area (Å²) >= 11 is 0. The average molecular weight is 385 g/mol. The van der Waals surface area contributed by atoms with E-state index in [0.717, 1.165) is 10.6 Å². The Morgan fingerprint density at radius 1 is 1.22 bits per heavy atom. The van der Waals surface area contributed by atoms with Crippen molar-refractivity contribution in [2.75, 3.05) is 13.1 Å². The standard InChI is InChI=1S/C18H19F4N3O2/c1-17(27,18(20,21)22)16(26)24-9-6-12(7-10-24)15-5-8-23-25(15)14-4-2-3-13(19)11-14/h2-5,8,11-12,27H,6-7,9-10H2,1H3/t17-/m1/s1. The first kappa shape index (κ1) is 19.3. The summed E-state index contributed by atoms with van der Waals surface area (Å²) in [5, 5.41) is 13.8. The summed E-state index contributed by atoms with van der Waals surface area (Å²) in [5.74, 6) is -1.79. The molecule has 1 aliphatic rings. The molecular formula is C18H19F4N3O2. The van der Waals surface area contributed by atoms with Gasteiger partial charge in [-0.05, 0) is 44.0 Å². The molecule has 2 aromatic rings. The number of carbonyl (C=O) groups excluding carboxylic acids is 1. The predicted molar refractivity (Wildman–Crippen MR) is 88.8 cm³/mol. The van der Waals surface area contributed by atoms with Crippen molar-refractivity contribution in [3.8, 4) is 5.69 Å². The maximum Gasteiger partial charge on any atom is 0.426 e. The minimum Gasteiger partial charge on any atom is -0.373 e. The molecule has 1 aromatic carbocycles. The summed E-state index contributed by atoms with van der Waals surface area (Å²) in [6, 6.07) is 7.72. The van der Waals surface area contributed by atoms with Gasteiger partial charge in [0, 0.05) is 30.9 Å². The molecule has 3 rings (SSSR count). The van der Waals surface area contributed by atoms with Gasteiger partial charge in [0.2, 0.25) is 5.60 Å². The molecular weight excluding hydrogens is 366 g/mol. The summed E-state index contributed by atoms with van der Waals surface area (Å²) < 4.78 is 53.7. The average Bonchev–Trinajstić information content (AvgIpc) is 3.10. The molecule has 0 unspecified atom stereocenters. The van der Waals surface area contributed by atoms with Crippen LogP contribution in [0.15, 0.2) is 36.5 Å². The zero-order chi connectivity index (χ0) is 19.8. The molecule has 1 fully saturated rings. The van der Waals surface area contributed by atoms with E-state index in [9.17, 15) is 27.5 Å². The molecule has 1 N–H and O–H groups in total. The fraction of sp³-hybridized carbons (Fsp3) is 0.444. The van der Waals surface area contributed by atoms with Crippen LogP contribution in [0.3, 0.4) is 0 Å². The Hall–Kier alpha value is -2.42. The number of aliphatic hydroxyl groups is 1. The minimum absolute atomic E-state index is 0.0457. The zero-order valence-corrected chi connectivity index (χ0v) is 14.6. The van der Waals surface area contributed by atoms with E-state index in [2.05, 4.69) is 5.10 Å². The number of rotatable bonds is 3. The van der Waals surface area contributed by atoms with Crippen molar-refractivity contribution < 1.29 is 27.5 Å². The maximum atomic E-state index is 13.5. The number of hydrogen-bond acceptors (Lipinski definition) is 3. The summed E-state index contributed by atoms with van der Waals surface area (Å²) in [6.45, 7) is 0.647. The van der Waals surface area contributed by atoms with Crippen LogP contribution in [0.5, 0.6) is 0 Å². The number of halogens is 4. The topological polar surface area (TPSA) is 58.4 Å². The van der Waals surface area contributed by atoms with Gasteiger partial charge in [-0.3, -0.25) is 4.79 Å². The van der Waals surface area contributed by atoms with Crippen molar-refractivity contribution in [2.24, 2.45) is 0 Å². The fourth-order valence-electron chi connectivity index (χ4n) is 3.25. The van der Waals surface area contributed by atoms with Crippen molar-refractivity contribution in [2.45, 2.75) is 37.5 Å². The highest BCUT2D eigenvalue weighted by Gasteiger charge is 2.57. The van der Waals surface area contributed by atoms with Gasteiger partial charge in [0.05, 0.1) is 5.69 Å². The number of amides is 1. The Labute approximate surface area is 153 Å². The van der Waals surface area contributed by atoms with E-state index in [1.54, 1.807) is 29.1 Å². The number of benzene rings is 1. The first-order chi connectivity index (χ1) is 12.6. The van der Waals surface area contributed by atoms with Crippen LogP contribution >= 0.6 is 0 Å². The summed E-state index contributed by atoms with van der Waals surface area (Å²) in [4.78, 5) is 13.1. The molecule has 1 atom stereocenters. The number of carbonyl (C=O) groups is 1. The van der Waals surface area contributed by atoms with Crippen molar-refractivity contribution in [3.63, 3.8) is 0 Å². The van der Waals surface area contributed by atoms with E-state index in [1.807, 2.05) is 0 Å². The normalized spacial score (nSPS) is 18.4. The van der Waals surface area contributed by atoms with Crippen molar-refractivity contribution in [1.29, 1.82) is 0 Å². The lowest BCUT2D eigenvalue weighted by Gasteiger charge is -2.36. The second-order valence-corrected chi connectivity index (χ2v) is 6.78. The van der Waals surface area contributed by atoms with E-state index in [-0.39, 0.29) is 19.0 Å². The quantitative estimate of drug-likeness (QED) is 0.827. The molecule has 9 heteroatoms. The van der Waals surface area contributed by atoms with Gasteiger partial charge in [-0.1, -0.05) is 6.07 Å². The monoisotopic (exact) mass is 385 g/mol. The lowest BCUT2D eigenvalue weighted by Crippen LogP contribution is -2.57. The van der Waals surface area contributed by atoms with Crippen molar-refractivity contribution >= 4 is 5.91 Å². The summed E-state index contributed by atoms with van der Waals surface area (Å²) in [7, 11) is 0. The molecule has 1 aromatic heterocycles. The Balaban J connectivity index is 1.73. The van der Waals surface area contributed by atoms with Crippen LogP contribution in [0, 0.1) is 5.82 Å². The molecule has 146 valence electrons. The number of likely N-dealkylation sites (tertiary alicyclic amines) is 1. The van der Waals surface area contributed by atoms with Crippen molar-refractivity contribution in [1.82, 2.24) is 14.7 Å². The van der Waals surface area contributed by atoms with Gasteiger partial charge in [-0.15, -0.1) is 0 Å². The Bertz CT molecular complexity index is 824. The molecule has 1 aliphatic heterocycles. The third-order valence-corrected chi connectivity index (χ3v) is 4.89. The van der Waals surface area contributed by atoms with E-state index in [1.165, 1.54) is 12.1 Å². The zero-order valence-electron chi connectivity index (χ0n) is 14.6. The van der Waals surface area contributed by atoms with Gasteiger partial charge in [0.1, 0.15) is 5.82 Å². The smallest absolute Gasteiger partial charge is 0.373 e. The second kappa shape index (κ2) is 6.95. The lowest BCUT2D eigenvalue weighted by atomic mass is 9.92. The largest absolute Gasteiger partial charge is 0.426 e. The number of hydrogen-bond donors (Lipinski definition) is 1. The highest BCUT2D eigenvalue weighted by molar-refractivity contribution is 5.85. The van der Waals surface area contributed by atoms with E-state index < -0.39 is 23.5 Å². The highest BCUT2D eigenvalue weighted by Crippen LogP contribution is 2.34. The Morgan fingerprint density at radius 2 is 1.89 bits per heavy atom. The third kappa shape index (κ3) is 3.69. The van der Waals surface area contributed by atoms with Crippen LogP contribution in [0.2, 0.25) is 0 Å². The van der Waals surface area contributed by atoms with E-state index in [0.29, 0.717) is 25.5 Å². The molecule has 5 nitrogen and oxygen atoms in total. The van der Waals surface area contributed by atoms with Crippen LogP contribution in [0.4, 0.5) is 17.6 Å². The van der Waals surface area contributed by atoms with Gasteiger partial charge in [0.25, 0.3) is 5.91 Å². The number of alkyl halides is 3. The fourth-order valence-corrected chi connectivity index (χ4v) is 3.25. The molecule has 0 bridgehead atoms. The van der Waals surface area contributed by atoms with Gasteiger partial charge in [-0.25, -0.2) is 9.07 Å². The number of aromatic nitrogens is 2. The minimum atomic E-state index is -5.03. The Kier molecular flexibility index (Phi) is 4.98. The van der Waals surface area contributed by atoms with Crippen LogP contribution in [-0.2, 0) is 4.79 Å². The second-order valence-electron chi connectivity index (χ2n) is 6.78. The van der Waals surface area contributed by atoms with Crippen LogP contribution in [0.25, 0.3) is 5.69 Å². The van der Waals surface area contributed by atoms with E-state index in [4.69, 9.17) is 0 Å². The van der Waals surface area contributed by atoms with Crippen LogP contribution in [-0.4, -0.2) is 50.6 Å². The summed E-state index contributed by atoms with van der Waals surface area (Å²) in [6.07, 6.45) is -2.62. The van der Waals surface area contributed by atoms with Gasteiger partial charge in [-0.2, -0.15) is 18.3 Å². The third-order valence-electron chi connectivity index (χ3n) is 4.89. The highest BCUT2D eigenvalue weighted by atomic mass is 19.4. The summed E-state index contributed by atoms with van der Waals surface area (Å²) in [5.41, 5.74) is -2.05. The van der Waals surface area contributed by atoms with Gasteiger partial charge in [0.15, 0.2) is 0 Å². The SMILES string of the molecule is C[C@@](O)(C(=O)N1CCC(c2ccnn2-c2cccc(F)c2)CC1)C(F)(F)F. The van der Waals surface area contributed by atoms with Crippen LogP contribution < -0.4 is 0 Å². The first-order valence-corrected chi connectivity index (χ1v) is 8.49. The van der Waals surface area contributed by atoms with Gasteiger partial charge < -0.3 is 10.0 Å². The maximum absolute atomic E-state index is 13.5. The van der Waals surface area contributed by atoms with Crippen LogP contribution in [0.1, 0.15) is 31.4 Å². The number of nitrogens with zero attached hydrogens (tertiary/aromatic N) is 3. The molecule has 0 saturated carbocycles. The molecule has 27 heavy (non-hydrogen) atoms. The molecule has 0 spiro atoms. The molecule has 0 aliphatic carbocycles. The molecule has 1 amide bonds.